The maximum Gasteiger partial charge on any atom is 0.435 e. The lowest BCUT2D eigenvalue weighted by molar-refractivity contribution is -0.142. The van der Waals surface area contributed by atoms with Crippen LogP contribution in [0, 0.1) is 11.7 Å². The molecule has 1 amide bonds. The number of carbonyl (C=O) groups excluding carboxylic acids is 1. The van der Waals surface area contributed by atoms with Crippen molar-refractivity contribution in [1.29, 1.82) is 0 Å². The Balaban J connectivity index is 0.00000324. The van der Waals surface area contributed by atoms with Gasteiger partial charge in [-0.15, -0.1) is 12.4 Å². The van der Waals surface area contributed by atoms with E-state index in [9.17, 15) is 22.4 Å². The highest BCUT2D eigenvalue weighted by atomic mass is 35.5. The first-order valence-corrected chi connectivity index (χ1v) is 11.6. The first kappa shape index (κ1) is 26.8. The number of amides is 1. The molecule has 2 aliphatic rings. The van der Waals surface area contributed by atoms with E-state index < -0.39 is 17.7 Å². The number of nitrogens with zero attached hydrogens (tertiary/aromatic N) is 4. The molecule has 2 aromatic rings. The van der Waals surface area contributed by atoms with Crippen LogP contribution >= 0.6 is 24.0 Å². The van der Waals surface area contributed by atoms with Gasteiger partial charge in [0.25, 0.3) is 0 Å². The van der Waals surface area contributed by atoms with Crippen LogP contribution < -0.4 is 0 Å². The molecular weight excluding hydrogens is 495 g/mol. The summed E-state index contributed by atoms with van der Waals surface area (Å²) in [6.07, 6.45) is -2.24. The van der Waals surface area contributed by atoms with Gasteiger partial charge < -0.3 is 9.80 Å². The molecule has 4 rings (SSSR count). The second-order valence-corrected chi connectivity index (χ2v) is 9.25. The smallest absolute Gasteiger partial charge is 0.336 e. The highest BCUT2D eigenvalue weighted by molar-refractivity contribution is 6.30. The highest BCUT2D eigenvalue weighted by Gasteiger charge is 2.41. The molecule has 11 heteroatoms. The minimum atomic E-state index is -4.62. The fourth-order valence-corrected chi connectivity index (χ4v) is 4.90. The van der Waals surface area contributed by atoms with E-state index in [0.717, 1.165) is 38.5 Å². The van der Waals surface area contributed by atoms with E-state index in [1.165, 1.54) is 16.8 Å². The Morgan fingerprint density at radius 1 is 1.21 bits per heavy atom. The van der Waals surface area contributed by atoms with Crippen molar-refractivity contribution in [2.75, 3.05) is 26.2 Å². The largest absolute Gasteiger partial charge is 0.435 e. The Morgan fingerprint density at radius 3 is 2.53 bits per heavy atom. The molecule has 5 nitrogen and oxygen atoms in total. The van der Waals surface area contributed by atoms with Crippen LogP contribution in [0.4, 0.5) is 17.6 Å². The first-order chi connectivity index (χ1) is 15.7. The number of rotatable bonds is 5. The Morgan fingerprint density at radius 2 is 1.91 bits per heavy atom. The topological polar surface area (TPSA) is 41.4 Å². The summed E-state index contributed by atoms with van der Waals surface area (Å²) in [5.41, 5.74) is -0.357. The van der Waals surface area contributed by atoms with E-state index in [1.807, 2.05) is 0 Å². The van der Waals surface area contributed by atoms with Gasteiger partial charge in [-0.3, -0.25) is 9.48 Å². The summed E-state index contributed by atoms with van der Waals surface area (Å²) < 4.78 is 56.4. The molecule has 2 aliphatic heterocycles. The fourth-order valence-electron chi connectivity index (χ4n) is 4.75. The molecule has 0 radical (unpaired) electrons. The van der Waals surface area contributed by atoms with E-state index in [0.29, 0.717) is 18.0 Å². The zero-order chi connectivity index (χ0) is 23.8. The Kier molecular flexibility index (Phi) is 8.52. The number of halogens is 6. The molecule has 1 saturated heterocycles. The predicted molar refractivity (Wildman–Crippen MR) is 124 cm³/mol. The highest BCUT2D eigenvalue weighted by Crippen LogP contribution is 2.36. The molecule has 1 fully saturated rings. The standard InChI is InChI=1S/C23H27ClF4N4O.ClH/c1-2-30-8-5-15(6-9-30)11-21(33)31-10-7-18-20(14-31)32(29-22(18)23(26,27)28)13-16-3-4-17(24)12-19(16)25;/h3-4,12,15H,2,5-11,13-14H2,1H3;1H. The van der Waals surface area contributed by atoms with Crippen molar-refractivity contribution in [3.05, 3.63) is 51.6 Å². The van der Waals surface area contributed by atoms with Gasteiger partial charge in [0.15, 0.2) is 5.69 Å². The molecule has 3 heterocycles. The SMILES string of the molecule is CCN1CCC(CC(=O)N2CCc3c(C(F)(F)F)nn(Cc4ccc(Cl)cc4F)c3C2)CC1.Cl. The minimum Gasteiger partial charge on any atom is -0.336 e. The van der Waals surface area contributed by atoms with Gasteiger partial charge in [0, 0.05) is 29.1 Å². The van der Waals surface area contributed by atoms with E-state index in [-0.39, 0.29) is 60.5 Å². The number of piperidine rings is 1. The van der Waals surface area contributed by atoms with Gasteiger partial charge in [-0.25, -0.2) is 4.39 Å². The van der Waals surface area contributed by atoms with Crippen molar-refractivity contribution in [3.63, 3.8) is 0 Å². The monoisotopic (exact) mass is 522 g/mol. The molecule has 0 spiro atoms. The van der Waals surface area contributed by atoms with E-state index >= 15 is 0 Å². The molecule has 34 heavy (non-hydrogen) atoms. The number of aromatic nitrogens is 2. The maximum absolute atomic E-state index is 14.3. The quantitative estimate of drug-likeness (QED) is 0.508. The Bertz CT molecular complexity index is 1020. The third-order valence-electron chi connectivity index (χ3n) is 6.71. The van der Waals surface area contributed by atoms with Gasteiger partial charge in [0.1, 0.15) is 5.82 Å². The van der Waals surface area contributed by atoms with E-state index in [4.69, 9.17) is 11.6 Å². The van der Waals surface area contributed by atoms with Crippen molar-refractivity contribution in [3.8, 4) is 0 Å². The molecule has 1 aromatic heterocycles. The second kappa shape index (κ2) is 10.8. The zero-order valence-corrected chi connectivity index (χ0v) is 20.4. The van der Waals surface area contributed by atoms with Gasteiger partial charge >= 0.3 is 6.18 Å². The average Bonchev–Trinajstić information content (AvgIpc) is 3.14. The number of likely N-dealkylation sites (tertiary alicyclic amines) is 1. The lowest BCUT2D eigenvalue weighted by Crippen LogP contribution is -2.40. The first-order valence-electron chi connectivity index (χ1n) is 11.3. The third kappa shape index (κ3) is 5.86. The summed E-state index contributed by atoms with van der Waals surface area (Å²) in [5, 5.41) is 4.00. The maximum atomic E-state index is 14.3. The van der Waals surface area contributed by atoms with Gasteiger partial charge in [-0.05, 0) is 56.9 Å². The summed E-state index contributed by atoms with van der Waals surface area (Å²) in [5.74, 6) is -0.363. The molecule has 1 aromatic carbocycles. The molecular formula is C23H28Cl2F4N4O. The van der Waals surface area contributed by atoms with Crippen LogP contribution in [0.5, 0.6) is 0 Å². The van der Waals surface area contributed by atoms with Crippen molar-refractivity contribution in [2.45, 2.75) is 51.9 Å². The molecule has 0 aliphatic carbocycles. The summed E-state index contributed by atoms with van der Waals surface area (Å²) in [4.78, 5) is 16.9. The summed E-state index contributed by atoms with van der Waals surface area (Å²) in [6, 6.07) is 4.05. The van der Waals surface area contributed by atoms with Crippen LogP contribution in [0.2, 0.25) is 5.02 Å². The van der Waals surface area contributed by atoms with Crippen molar-refractivity contribution in [1.82, 2.24) is 19.6 Å². The number of alkyl halides is 3. The van der Waals surface area contributed by atoms with Gasteiger partial charge in [-0.1, -0.05) is 24.6 Å². The van der Waals surface area contributed by atoms with E-state index in [2.05, 4.69) is 16.9 Å². The lowest BCUT2D eigenvalue weighted by atomic mass is 9.92. The summed E-state index contributed by atoms with van der Waals surface area (Å²) in [6.45, 7) is 5.14. The van der Waals surface area contributed by atoms with Gasteiger partial charge in [-0.2, -0.15) is 18.3 Å². The van der Waals surface area contributed by atoms with Crippen LogP contribution in [0.1, 0.15) is 48.7 Å². The molecule has 0 saturated carbocycles. The Hall–Kier alpha value is -1.84. The van der Waals surface area contributed by atoms with Crippen molar-refractivity contribution >= 4 is 29.9 Å². The van der Waals surface area contributed by atoms with Crippen molar-refractivity contribution < 1.29 is 22.4 Å². The average molecular weight is 523 g/mol. The molecule has 188 valence electrons. The van der Waals surface area contributed by atoms with Gasteiger partial charge in [0.05, 0.1) is 18.8 Å². The molecule has 0 N–H and O–H groups in total. The molecule has 0 unspecified atom stereocenters. The van der Waals surface area contributed by atoms with E-state index in [1.54, 1.807) is 4.90 Å². The van der Waals surface area contributed by atoms with Crippen LogP contribution in [0.25, 0.3) is 0 Å². The number of hydrogen-bond donors (Lipinski definition) is 0. The summed E-state index contributed by atoms with van der Waals surface area (Å²) >= 11 is 5.79. The van der Waals surface area contributed by atoms with Crippen LogP contribution in [0.15, 0.2) is 18.2 Å². The normalized spacial score (nSPS) is 17.4. The summed E-state index contributed by atoms with van der Waals surface area (Å²) in [7, 11) is 0. The Labute approximate surface area is 207 Å². The minimum absolute atomic E-state index is 0. The zero-order valence-electron chi connectivity index (χ0n) is 18.9. The molecule has 0 atom stereocenters. The van der Waals surface area contributed by atoms with Gasteiger partial charge in [0.2, 0.25) is 5.91 Å². The molecule has 0 bridgehead atoms. The van der Waals surface area contributed by atoms with Crippen LogP contribution in [0.3, 0.4) is 0 Å². The lowest BCUT2D eigenvalue weighted by Gasteiger charge is -2.33. The van der Waals surface area contributed by atoms with Crippen LogP contribution in [-0.4, -0.2) is 51.7 Å². The second-order valence-electron chi connectivity index (χ2n) is 8.81. The van der Waals surface area contributed by atoms with Crippen LogP contribution in [-0.2, 0) is 30.5 Å². The number of fused-ring (bicyclic) bond motifs is 1. The predicted octanol–water partition coefficient (Wildman–Crippen LogP) is 5.17. The van der Waals surface area contributed by atoms with Crippen molar-refractivity contribution in [2.24, 2.45) is 5.92 Å². The number of hydrogen-bond acceptors (Lipinski definition) is 3. The third-order valence-corrected chi connectivity index (χ3v) is 6.95. The fraction of sp³-hybridized carbons (Fsp3) is 0.565. The number of benzene rings is 1. The number of carbonyl (C=O) groups is 1.